The van der Waals surface area contributed by atoms with Crippen molar-refractivity contribution in [3.05, 3.63) is 23.0 Å². The van der Waals surface area contributed by atoms with Crippen LogP contribution in [0.5, 0.6) is 0 Å². The van der Waals surface area contributed by atoms with E-state index in [0.29, 0.717) is 23.7 Å². The molecule has 2 aromatic heterocycles. The minimum atomic E-state index is -0.0837. The second-order valence-electron chi connectivity index (χ2n) is 6.35. The average Bonchev–Trinajstić information content (AvgIpc) is 3.11. The number of nitrogens with one attached hydrogen (secondary N) is 2. The predicted molar refractivity (Wildman–Crippen MR) is 83.9 cm³/mol. The fourth-order valence-corrected chi connectivity index (χ4v) is 2.83. The fourth-order valence-electron chi connectivity index (χ4n) is 2.83. The fraction of sp³-hybridized carbons (Fsp3) is 0.562. The van der Waals surface area contributed by atoms with E-state index in [1.54, 1.807) is 0 Å². The molecule has 0 spiro atoms. The summed E-state index contributed by atoms with van der Waals surface area (Å²) >= 11 is 0. The number of fused-ring (bicyclic) bond motifs is 1. The first kappa shape index (κ1) is 15.0. The van der Waals surface area contributed by atoms with Crippen LogP contribution in [0.2, 0.25) is 0 Å². The molecule has 1 amide bonds. The van der Waals surface area contributed by atoms with Gasteiger partial charge in [0.2, 0.25) is 0 Å². The van der Waals surface area contributed by atoms with Crippen molar-refractivity contribution in [3.8, 4) is 0 Å². The number of aryl methyl sites for hydroxylation is 1. The van der Waals surface area contributed by atoms with E-state index in [1.807, 2.05) is 13.0 Å². The first-order valence-corrected chi connectivity index (χ1v) is 7.82. The topological polar surface area (TPSA) is 80.0 Å². The molecule has 3 rings (SSSR count). The van der Waals surface area contributed by atoms with E-state index in [1.165, 1.54) is 0 Å². The smallest absolute Gasteiger partial charge is 0.259 e. The van der Waals surface area contributed by atoms with Crippen LogP contribution >= 0.6 is 0 Å². The highest BCUT2D eigenvalue weighted by Gasteiger charge is 2.27. The average molecular weight is 302 g/mol. The molecule has 118 valence electrons. The summed E-state index contributed by atoms with van der Waals surface area (Å²) in [5.41, 5.74) is 2.68. The maximum atomic E-state index is 12.6. The second kappa shape index (κ2) is 6.04. The van der Waals surface area contributed by atoms with Crippen molar-refractivity contribution in [3.63, 3.8) is 0 Å². The van der Waals surface area contributed by atoms with Gasteiger partial charge in [0.05, 0.1) is 16.6 Å². The summed E-state index contributed by atoms with van der Waals surface area (Å²) in [5, 5.41) is 11.3. The Bertz CT molecular complexity index is 687. The van der Waals surface area contributed by atoms with Gasteiger partial charge in [0.25, 0.3) is 11.6 Å². The number of aromatic nitrogens is 2. The third-order valence-corrected chi connectivity index (χ3v) is 3.96. The van der Waals surface area contributed by atoms with Gasteiger partial charge in [0.15, 0.2) is 0 Å². The highest BCUT2D eigenvalue weighted by molar-refractivity contribution is 6.06. The van der Waals surface area contributed by atoms with Crippen molar-refractivity contribution in [1.29, 1.82) is 0 Å². The first-order chi connectivity index (χ1) is 10.6. The molecular weight excluding hydrogens is 280 g/mol. The van der Waals surface area contributed by atoms with Gasteiger partial charge in [-0.15, -0.1) is 0 Å². The molecule has 0 bridgehead atoms. The van der Waals surface area contributed by atoms with E-state index in [0.717, 1.165) is 36.3 Å². The van der Waals surface area contributed by atoms with E-state index in [-0.39, 0.29) is 11.8 Å². The normalized spacial score (nSPS) is 18.3. The minimum absolute atomic E-state index is 0.0837. The minimum Gasteiger partial charge on any atom is -0.352 e. The van der Waals surface area contributed by atoms with Gasteiger partial charge in [0.1, 0.15) is 0 Å². The Balaban J connectivity index is 2.03. The zero-order valence-corrected chi connectivity index (χ0v) is 13.3. The molecule has 0 aliphatic carbocycles. The molecule has 6 heteroatoms. The third kappa shape index (κ3) is 2.83. The quantitative estimate of drug-likeness (QED) is 0.903. The van der Waals surface area contributed by atoms with Crippen molar-refractivity contribution < 1.29 is 9.32 Å². The van der Waals surface area contributed by atoms with Gasteiger partial charge in [-0.3, -0.25) is 4.79 Å². The van der Waals surface area contributed by atoms with Crippen LogP contribution in [0.1, 0.15) is 47.9 Å². The van der Waals surface area contributed by atoms with Gasteiger partial charge in [0, 0.05) is 24.7 Å². The lowest BCUT2D eigenvalue weighted by molar-refractivity contribution is 0.0950. The molecule has 2 N–H and O–H groups in total. The Labute approximate surface area is 129 Å². The Hall–Kier alpha value is -1.95. The zero-order chi connectivity index (χ0) is 15.7. The molecule has 0 aromatic carbocycles. The number of amides is 1. The predicted octanol–water partition coefficient (Wildman–Crippen LogP) is 1.99. The standard InChI is InChI=1S/C16H22N4O2/c1-9(2)7-18-15(21)12-6-10(3)19-16-13(12)14(20-22-16)11-4-5-17-8-11/h6,9,11,17H,4-5,7-8H2,1-3H3,(H,18,21). The van der Waals surface area contributed by atoms with E-state index in [4.69, 9.17) is 4.52 Å². The number of hydrogen-bond acceptors (Lipinski definition) is 5. The molecule has 2 aromatic rings. The molecule has 3 heterocycles. The van der Waals surface area contributed by atoms with Crippen molar-refractivity contribution in [1.82, 2.24) is 20.8 Å². The van der Waals surface area contributed by atoms with Crippen molar-refractivity contribution in [2.45, 2.75) is 33.1 Å². The van der Waals surface area contributed by atoms with Crippen LogP contribution in [-0.2, 0) is 0 Å². The molecular formula is C16H22N4O2. The summed E-state index contributed by atoms with van der Waals surface area (Å²) in [6, 6.07) is 1.82. The molecule has 0 radical (unpaired) electrons. The van der Waals surface area contributed by atoms with E-state index in [9.17, 15) is 4.79 Å². The maximum absolute atomic E-state index is 12.6. The van der Waals surface area contributed by atoms with Crippen molar-refractivity contribution >= 4 is 17.0 Å². The van der Waals surface area contributed by atoms with Gasteiger partial charge < -0.3 is 15.2 Å². The Morgan fingerprint density at radius 1 is 1.55 bits per heavy atom. The Morgan fingerprint density at radius 2 is 2.36 bits per heavy atom. The molecule has 1 aliphatic heterocycles. The monoisotopic (exact) mass is 302 g/mol. The summed E-state index contributed by atoms with van der Waals surface area (Å²) in [6.07, 6.45) is 1.00. The van der Waals surface area contributed by atoms with Gasteiger partial charge in [-0.2, -0.15) is 0 Å². The number of nitrogens with zero attached hydrogens (tertiary/aromatic N) is 2. The summed E-state index contributed by atoms with van der Waals surface area (Å²) < 4.78 is 5.39. The first-order valence-electron chi connectivity index (χ1n) is 7.82. The number of carbonyl (C=O) groups is 1. The van der Waals surface area contributed by atoms with Gasteiger partial charge in [-0.05, 0) is 31.9 Å². The van der Waals surface area contributed by atoms with E-state index < -0.39 is 0 Å². The lowest BCUT2D eigenvalue weighted by Crippen LogP contribution is -2.27. The zero-order valence-electron chi connectivity index (χ0n) is 13.3. The van der Waals surface area contributed by atoms with Crippen molar-refractivity contribution in [2.75, 3.05) is 19.6 Å². The molecule has 0 saturated carbocycles. The highest BCUT2D eigenvalue weighted by atomic mass is 16.5. The van der Waals surface area contributed by atoms with Crippen LogP contribution in [-0.4, -0.2) is 35.7 Å². The summed E-state index contributed by atoms with van der Waals surface area (Å²) in [5.74, 6) is 0.602. The number of pyridine rings is 1. The van der Waals surface area contributed by atoms with Gasteiger partial charge >= 0.3 is 0 Å². The Kier molecular flexibility index (Phi) is 4.11. The van der Waals surface area contributed by atoms with Crippen LogP contribution in [0, 0.1) is 12.8 Å². The molecule has 1 fully saturated rings. The number of rotatable bonds is 4. The number of carbonyl (C=O) groups excluding carboxylic acids is 1. The van der Waals surface area contributed by atoms with Crippen LogP contribution < -0.4 is 10.6 Å². The highest BCUT2D eigenvalue weighted by Crippen LogP contribution is 2.30. The maximum Gasteiger partial charge on any atom is 0.259 e. The molecule has 1 aliphatic rings. The summed E-state index contributed by atoms with van der Waals surface area (Å²) in [7, 11) is 0. The lowest BCUT2D eigenvalue weighted by Gasteiger charge is -2.10. The molecule has 1 atom stereocenters. The molecule has 1 unspecified atom stereocenters. The molecule has 1 saturated heterocycles. The molecule has 22 heavy (non-hydrogen) atoms. The van der Waals surface area contributed by atoms with Crippen LogP contribution in [0.4, 0.5) is 0 Å². The third-order valence-electron chi connectivity index (χ3n) is 3.96. The Morgan fingerprint density at radius 3 is 3.05 bits per heavy atom. The van der Waals surface area contributed by atoms with Crippen LogP contribution in [0.25, 0.3) is 11.1 Å². The van der Waals surface area contributed by atoms with Crippen molar-refractivity contribution in [2.24, 2.45) is 5.92 Å². The molecule has 6 nitrogen and oxygen atoms in total. The van der Waals surface area contributed by atoms with E-state index >= 15 is 0 Å². The largest absolute Gasteiger partial charge is 0.352 e. The van der Waals surface area contributed by atoms with Gasteiger partial charge in [-0.25, -0.2) is 4.98 Å². The second-order valence-corrected chi connectivity index (χ2v) is 6.35. The summed E-state index contributed by atoms with van der Waals surface area (Å²) in [6.45, 7) is 8.48. The lowest BCUT2D eigenvalue weighted by atomic mass is 9.99. The van der Waals surface area contributed by atoms with E-state index in [2.05, 4.69) is 34.6 Å². The van der Waals surface area contributed by atoms with Gasteiger partial charge in [-0.1, -0.05) is 19.0 Å². The summed E-state index contributed by atoms with van der Waals surface area (Å²) in [4.78, 5) is 16.9. The number of hydrogen-bond donors (Lipinski definition) is 2. The van der Waals surface area contributed by atoms with Crippen LogP contribution in [0.3, 0.4) is 0 Å². The SMILES string of the molecule is Cc1cc(C(=O)NCC(C)C)c2c(C3CCNC3)noc2n1. The van der Waals surface area contributed by atoms with Crippen LogP contribution in [0.15, 0.2) is 10.6 Å².